The van der Waals surface area contributed by atoms with Gasteiger partial charge in [0.05, 0.1) is 11.4 Å². The summed E-state index contributed by atoms with van der Waals surface area (Å²) >= 11 is 0. The minimum atomic E-state index is -0.146. The Morgan fingerprint density at radius 3 is 2.28 bits per heavy atom. The van der Waals surface area contributed by atoms with E-state index in [9.17, 15) is 4.79 Å². The van der Waals surface area contributed by atoms with Crippen molar-refractivity contribution in [2.75, 3.05) is 11.1 Å². The van der Waals surface area contributed by atoms with Crippen LogP contribution in [-0.4, -0.2) is 5.91 Å². The molecule has 0 unspecified atom stereocenters. The smallest absolute Gasteiger partial charge is 0.255 e. The van der Waals surface area contributed by atoms with Crippen molar-refractivity contribution in [1.29, 1.82) is 0 Å². The van der Waals surface area contributed by atoms with Crippen LogP contribution in [-0.2, 0) is 0 Å². The fourth-order valence-corrected chi connectivity index (χ4v) is 1.68. The molecule has 0 heterocycles. The molecular formula is C15H16N2O. The van der Waals surface area contributed by atoms with Crippen molar-refractivity contribution < 1.29 is 4.79 Å². The summed E-state index contributed by atoms with van der Waals surface area (Å²) in [4.78, 5) is 12.0. The molecule has 0 aliphatic carbocycles. The lowest BCUT2D eigenvalue weighted by Gasteiger charge is -2.09. The van der Waals surface area contributed by atoms with Gasteiger partial charge in [0.15, 0.2) is 0 Å². The standard InChI is InChI=1S/C15H16N2O/c1-10-3-6-12(7-4-10)15(18)17-14-9-11(2)5-8-13(14)16/h3-9H,16H2,1-2H3,(H,17,18). The van der Waals surface area contributed by atoms with Crippen molar-refractivity contribution in [1.82, 2.24) is 0 Å². The summed E-state index contributed by atoms with van der Waals surface area (Å²) in [5.74, 6) is -0.146. The SMILES string of the molecule is Cc1ccc(C(=O)Nc2cc(C)ccc2N)cc1. The summed E-state index contributed by atoms with van der Waals surface area (Å²) in [5, 5.41) is 2.82. The zero-order chi connectivity index (χ0) is 13.1. The quantitative estimate of drug-likeness (QED) is 0.792. The molecule has 0 spiro atoms. The van der Waals surface area contributed by atoms with Crippen LogP contribution in [0.1, 0.15) is 21.5 Å². The van der Waals surface area contributed by atoms with Gasteiger partial charge in [-0.25, -0.2) is 0 Å². The second-order valence-corrected chi connectivity index (χ2v) is 4.41. The molecule has 2 aromatic rings. The van der Waals surface area contributed by atoms with Crippen molar-refractivity contribution in [3.63, 3.8) is 0 Å². The maximum absolute atomic E-state index is 12.0. The lowest BCUT2D eigenvalue weighted by atomic mass is 10.1. The molecule has 0 fully saturated rings. The zero-order valence-corrected chi connectivity index (χ0v) is 10.5. The fourth-order valence-electron chi connectivity index (χ4n) is 1.68. The van der Waals surface area contributed by atoms with Gasteiger partial charge in [-0.1, -0.05) is 23.8 Å². The monoisotopic (exact) mass is 240 g/mol. The van der Waals surface area contributed by atoms with Crippen LogP contribution in [0.2, 0.25) is 0 Å². The number of nitrogens with two attached hydrogens (primary N) is 1. The van der Waals surface area contributed by atoms with Gasteiger partial charge in [-0.3, -0.25) is 4.79 Å². The molecule has 3 heteroatoms. The molecule has 0 aliphatic rings. The first-order chi connectivity index (χ1) is 8.56. The molecule has 18 heavy (non-hydrogen) atoms. The summed E-state index contributed by atoms with van der Waals surface area (Å²) in [6.45, 7) is 3.95. The molecule has 0 aromatic heterocycles. The largest absolute Gasteiger partial charge is 0.397 e. The van der Waals surface area contributed by atoms with Gasteiger partial charge in [0.2, 0.25) is 0 Å². The number of carbonyl (C=O) groups is 1. The number of amides is 1. The molecule has 0 saturated heterocycles. The fraction of sp³-hybridized carbons (Fsp3) is 0.133. The average molecular weight is 240 g/mol. The summed E-state index contributed by atoms with van der Waals surface area (Å²) < 4.78 is 0. The highest BCUT2D eigenvalue weighted by atomic mass is 16.1. The number of rotatable bonds is 2. The van der Waals surface area contributed by atoms with Crippen LogP contribution in [0.25, 0.3) is 0 Å². The third-order valence-electron chi connectivity index (χ3n) is 2.77. The summed E-state index contributed by atoms with van der Waals surface area (Å²) in [6, 6.07) is 13.0. The van der Waals surface area contributed by atoms with Crippen molar-refractivity contribution in [3.05, 3.63) is 59.2 Å². The van der Waals surface area contributed by atoms with E-state index in [1.165, 1.54) is 0 Å². The van der Waals surface area contributed by atoms with E-state index in [1.54, 1.807) is 18.2 Å². The first kappa shape index (κ1) is 12.2. The van der Waals surface area contributed by atoms with Crippen LogP contribution in [0.15, 0.2) is 42.5 Å². The molecule has 0 radical (unpaired) electrons. The molecule has 0 saturated carbocycles. The Morgan fingerprint density at radius 1 is 1.00 bits per heavy atom. The minimum absolute atomic E-state index is 0.146. The molecule has 3 nitrogen and oxygen atoms in total. The Bertz CT molecular complexity index is 574. The number of nitrogen functional groups attached to an aromatic ring is 1. The first-order valence-corrected chi connectivity index (χ1v) is 5.80. The Kier molecular flexibility index (Phi) is 3.33. The van der Waals surface area contributed by atoms with Crippen molar-refractivity contribution >= 4 is 17.3 Å². The minimum Gasteiger partial charge on any atom is -0.397 e. The van der Waals surface area contributed by atoms with E-state index in [-0.39, 0.29) is 5.91 Å². The second-order valence-electron chi connectivity index (χ2n) is 4.41. The van der Waals surface area contributed by atoms with E-state index in [0.717, 1.165) is 11.1 Å². The van der Waals surface area contributed by atoms with Crippen molar-refractivity contribution in [2.45, 2.75) is 13.8 Å². The third-order valence-corrected chi connectivity index (χ3v) is 2.77. The Hall–Kier alpha value is -2.29. The normalized spacial score (nSPS) is 10.1. The zero-order valence-electron chi connectivity index (χ0n) is 10.5. The second kappa shape index (κ2) is 4.92. The van der Waals surface area contributed by atoms with Gasteiger partial charge in [-0.15, -0.1) is 0 Å². The van der Waals surface area contributed by atoms with Gasteiger partial charge < -0.3 is 11.1 Å². The maximum Gasteiger partial charge on any atom is 0.255 e. The van der Waals surface area contributed by atoms with Crippen molar-refractivity contribution in [3.8, 4) is 0 Å². The van der Waals surface area contributed by atoms with E-state index in [2.05, 4.69) is 5.32 Å². The Morgan fingerprint density at radius 2 is 1.61 bits per heavy atom. The molecule has 92 valence electrons. The van der Waals surface area contributed by atoms with Crippen molar-refractivity contribution in [2.24, 2.45) is 0 Å². The summed E-state index contributed by atoms with van der Waals surface area (Å²) in [7, 11) is 0. The molecule has 1 amide bonds. The van der Waals surface area contributed by atoms with E-state index < -0.39 is 0 Å². The first-order valence-electron chi connectivity index (χ1n) is 5.80. The lowest BCUT2D eigenvalue weighted by molar-refractivity contribution is 0.102. The van der Waals surface area contributed by atoms with E-state index >= 15 is 0 Å². The highest BCUT2D eigenvalue weighted by Gasteiger charge is 2.07. The van der Waals surface area contributed by atoms with Gasteiger partial charge in [-0.2, -0.15) is 0 Å². The number of anilines is 2. The Balaban J connectivity index is 2.21. The van der Waals surface area contributed by atoms with Crippen LogP contribution < -0.4 is 11.1 Å². The molecule has 0 bridgehead atoms. The molecular weight excluding hydrogens is 224 g/mol. The molecule has 3 N–H and O–H groups in total. The predicted molar refractivity (Wildman–Crippen MR) is 74.7 cm³/mol. The molecule has 2 aromatic carbocycles. The van der Waals surface area contributed by atoms with Gasteiger partial charge in [0.1, 0.15) is 0 Å². The lowest BCUT2D eigenvalue weighted by Crippen LogP contribution is -2.13. The predicted octanol–water partition coefficient (Wildman–Crippen LogP) is 3.14. The van der Waals surface area contributed by atoms with Crippen LogP contribution >= 0.6 is 0 Å². The topological polar surface area (TPSA) is 55.1 Å². The number of benzene rings is 2. The van der Waals surface area contributed by atoms with Crippen LogP contribution in [0.4, 0.5) is 11.4 Å². The van der Waals surface area contributed by atoms with E-state index in [0.29, 0.717) is 16.9 Å². The highest BCUT2D eigenvalue weighted by Crippen LogP contribution is 2.20. The van der Waals surface area contributed by atoms with Gasteiger partial charge in [0, 0.05) is 5.56 Å². The molecule has 0 atom stereocenters. The van der Waals surface area contributed by atoms with E-state index in [4.69, 9.17) is 5.73 Å². The van der Waals surface area contributed by atoms with Gasteiger partial charge in [-0.05, 0) is 43.7 Å². The number of nitrogens with one attached hydrogen (secondary N) is 1. The van der Waals surface area contributed by atoms with Gasteiger partial charge >= 0.3 is 0 Å². The number of hydrogen-bond donors (Lipinski definition) is 2. The van der Waals surface area contributed by atoms with Crippen LogP contribution in [0.5, 0.6) is 0 Å². The third kappa shape index (κ3) is 2.69. The summed E-state index contributed by atoms with van der Waals surface area (Å²) in [6.07, 6.45) is 0. The van der Waals surface area contributed by atoms with Gasteiger partial charge in [0.25, 0.3) is 5.91 Å². The average Bonchev–Trinajstić information content (AvgIpc) is 2.34. The highest BCUT2D eigenvalue weighted by molar-refractivity contribution is 6.05. The Labute approximate surface area is 107 Å². The number of hydrogen-bond acceptors (Lipinski definition) is 2. The number of carbonyl (C=O) groups excluding carboxylic acids is 1. The van der Waals surface area contributed by atoms with E-state index in [1.807, 2.05) is 38.1 Å². The number of aryl methyl sites for hydroxylation is 2. The summed E-state index contributed by atoms with van der Waals surface area (Å²) in [5.41, 5.74) is 9.86. The van der Waals surface area contributed by atoms with Crippen LogP contribution in [0, 0.1) is 13.8 Å². The van der Waals surface area contributed by atoms with Crippen LogP contribution in [0.3, 0.4) is 0 Å². The molecule has 0 aliphatic heterocycles. The molecule has 2 rings (SSSR count). The maximum atomic E-state index is 12.0.